The zero-order chi connectivity index (χ0) is 10.8. The molecule has 2 nitrogen and oxygen atoms in total. The predicted molar refractivity (Wildman–Crippen MR) is 60.3 cm³/mol. The van der Waals surface area contributed by atoms with Gasteiger partial charge in [0.1, 0.15) is 0 Å². The van der Waals surface area contributed by atoms with Gasteiger partial charge in [-0.15, -0.1) is 0 Å². The molecule has 1 aliphatic rings. The second kappa shape index (κ2) is 4.19. The number of aliphatic hydroxyl groups excluding tert-OH is 1. The first-order chi connectivity index (χ1) is 6.43. The van der Waals surface area contributed by atoms with Crippen LogP contribution < -0.4 is 5.32 Å². The highest BCUT2D eigenvalue weighted by molar-refractivity contribution is 4.95. The van der Waals surface area contributed by atoms with Gasteiger partial charge in [0, 0.05) is 24.1 Å². The van der Waals surface area contributed by atoms with Crippen LogP contribution in [0.1, 0.15) is 47.0 Å². The Balaban J connectivity index is 2.37. The highest BCUT2D eigenvalue weighted by Gasteiger charge is 2.38. The Bertz CT molecular complexity index is 176. The quantitative estimate of drug-likeness (QED) is 0.687. The van der Waals surface area contributed by atoms with E-state index in [2.05, 4.69) is 33.0 Å². The molecule has 0 heterocycles. The second-order valence-corrected chi connectivity index (χ2v) is 5.67. The van der Waals surface area contributed by atoms with Crippen molar-refractivity contribution in [3.05, 3.63) is 0 Å². The van der Waals surface area contributed by atoms with Crippen LogP contribution in [0.5, 0.6) is 0 Å². The summed E-state index contributed by atoms with van der Waals surface area (Å²) in [5.74, 6) is 0.849. The van der Waals surface area contributed by atoms with Crippen LogP contribution in [0.4, 0.5) is 0 Å². The summed E-state index contributed by atoms with van der Waals surface area (Å²) in [6.07, 6.45) is 3.75. The summed E-state index contributed by atoms with van der Waals surface area (Å²) >= 11 is 0. The lowest BCUT2D eigenvalue weighted by Gasteiger charge is -2.33. The first-order valence-corrected chi connectivity index (χ1v) is 5.79. The summed E-state index contributed by atoms with van der Waals surface area (Å²) in [6, 6.07) is 0. The van der Waals surface area contributed by atoms with E-state index in [4.69, 9.17) is 0 Å². The van der Waals surface area contributed by atoms with Crippen molar-refractivity contribution in [1.82, 2.24) is 5.32 Å². The van der Waals surface area contributed by atoms with Gasteiger partial charge in [-0.05, 0) is 39.0 Å². The third-order valence-corrected chi connectivity index (χ3v) is 3.80. The maximum Gasteiger partial charge on any atom is 0.0496 e. The monoisotopic (exact) mass is 199 g/mol. The first-order valence-electron chi connectivity index (χ1n) is 5.79. The van der Waals surface area contributed by atoms with Crippen LogP contribution in [0.3, 0.4) is 0 Å². The average Bonchev–Trinajstić information content (AvgIpc) is 2.98. The summed E-state index contributed by atoms with van der Waals surface area (Å²) < 4.78 is 0. The second-order valence-electron chi connectivity index (χ2n) is 5.67. The lowest BCUT2D eigenvalue weighted by molar-refractivity contribution is 0.122. The standard InChI is InChI=1S/C12H25NO/c1-5-12(4,9-14)8-13-11(2,3)10-6-7-10/h10,13-14H,5-9H2,1-4H3. The van der Waals surface area contributed by atoms with Crippen molar-refractivity contribution in [3.8, 4) is 0 Å². The fourth-order valence-electron chi connectivity index (χ4n) is 1.68. The Morgan fingerprint density at radius 3 is 2.21 bits per heavy atom. The maximum absolute atomic E-state index is 9.30. The predicted octanol–water partition coefficient (Wildman–Crippen LogP) is 2.17. The Hall–Kier alpha value is -0.0800. The normalized spacial score (nSPS) is 22.1. The molecule has 1 saturated carbocycles. The zero-order valence-electron chi connectivity index (χ0n) is 10.1. The third kappa shape index (κ3) is 2.96. The molecule has 1 atom stereocenters. The molecule has 0 saturated heterocycles. The molecule has 2 heteroatoms. The lowest BCUT2D eigenvalue weighted by atomic mass is 9.87. The summed E-state index contributed by atoms with van der Waals surface area (Å²) in [5.41, 5.74) is 0.303. The van der Waals surface area contributed by atoms with Gasteiger partial charge in [-0.25, -0.2) is 0 Å². The minimum atomic E-state index is 0.0478. The molecular weight excluding hydrogens is 174 g/mol. The Kier molecular flexibility index (Phi) is 3.59. The third-order valence-electron chi connectivity index (χ3n) is 3.80. The molecule has 0 aromatic carbocycles. The smallest absolute Gasteiger partial charge is 0.0496 e. The van der Waals surface area contributed by atoms with Crippen LogP contribution in [-0.4, -0.2) is 23.8 Å². The number of aliphatic hydroxyl groups is 1. The Morgan fingerprint density at radius 1 is 1.29 bits per heavy atom. The van der Waals surface area contributed by atoms with Gasteiger partial charge >= 0.3 is 0 Å². The van der Waals surface area contributed by atoms with Crippen LogP contribution in [0.25, 0.3) is 0 Å². The van der Waals surface area contributed by atoms with Gasteiger partial charge in [-0.3, -0.25) is 0 Å². The highest BCUT2D eigenvalue weighted by Crippen LogP contribution is 2.39. The molecule has 1 rings (SSSR count). The van der Waals surface area contributed by atoms with Crippen molar-refractivity contribution in [2.75, 3.05) is 13.2 Å². The SMILES string of the molecule is CCC(C)(CO)CNC(C)(C)C1CC1. The molecule has 0 aliphatic heterocycles. The van der Waals surface area contributed by atoms with Crippen molar-refractivity contribution in [2.24, 2.45) is 11.3 Å². The van der Waals surface area contributed by atoms with Gasteiger partial charge in [0.05, 0.1) is 0 Å². The van der Waals surface area contributed by atoms with E-state index in [1.807, 2.05) is 0 Å². The van der Waals surface area contributed by atoms with Gasteiger partial charge in [-0.2, -0.15) is 0 Å². The van der Waals surface area contributed by atoms with E-state index in [0.717, 1.165) is 18.9 Å². The maximum atomic E-state index is 9.30. The molecule has 1 fully saturated rings. The van der Waals surface area contributed by atoms with Gasteiger partial charge in [0.15, 0.2) is 0 Å². The van der Waals surface area contributed by atoms with E-state index in [-0.39, 0.29) is 17.6 Å². The van der Waals surface area contributed by atoms with E-state index in [1.165, 1.54) is 12.8 Å². The van der Waals surface area contributed by atoms with E-state index in [9.17, 15) is 5.11 Å². The van der Waals surface area contributed by atoms with Crippen molar-refractivity contribution >= 4 is 0 Å². The average molecular weight is 199 g/mol. The van der Waals surface area contributed by atoms with Crippen LogP contribution >= 0.6 is 0 Å². The molecule has 0 radical (unpaired) electrons. The minimum Gasteiger partial charge on any atom is -0.396 e. The fraction of sp³-hybridized carbons (Fsp3) is 1.00. The Labute approximate surface area is 88.1 Å². The number of hydrogen-bond acceptors (Lipinski definition) is 2. The van der Waals surface area contributed by atoms with Crippen LogP contribution in [0.15, 0.2) is 0 Å². The molecule has 0 amide bonds. The fourth-order valence-corrected chi connectivity index (χ4v) is 1.68. The summed E-state index contributed by atoms with van der Waals surface area (Å²) in [7, 11) is 0. The first kappa shape index (κ1) is 12.0. The van der Waals surface area contributed by atoms with Gasteiger partial charge < -0.3 is 10.4 Å². The molecule has 1 aliphatic carbocycles. The molecule has 14 heavy (non-hydrogen) atoms. The molecule has 0 aromatic heterocycles. The van der Waals surface area contributed by atoms with E-state index >= 15 is 0 Å². The summed E-state index contributed by atoms with van der Waals surface area (Å²) in [6.45, 7) is 10.0. The molecule has 84 valence electrons. The highest BCUT2D eigenvalue weighted by atomic mass is 16.3. The van der Waals surface area contributed by atoms with Crippen molar-refractivity contribution in [3.63, 3.8) is 0 Å². The molecular formula is C12H25NO. The van der Waals surface area contributed by atoms with E-state index < -0.39 is 0 Å². The van der Waals surface area contributed by atoms with E-state index in [1.54, 1.807) is 0 Å². The Morgan fingerprint density at radius 2 is 1.86 bits per heavy atom. The number of nitrogens with one attached hydrogen (secondary N) is 1. The molecule has 2 N–H and O–H groups in total. The number of rotatable bonds is 6. The molecule has 0 aromatic rings. The van der Waals surface area contributed by atoms with Gasteiger partial charge in [0.2, 0.25) is 0 Å². The van der Waals surface area contributed by atoms with Crippen LogP contribution in [0.2, 0.25) is 0 Å². The minimum absolute atomic E-state index is 0.0478. The van der Waals surface area contributed by atoms with Crippen LogP contribution in [0, 0.1) is 11.3 Å². The van der Waals surface area contributed by atoms with Crippen molar-refractivity contribution in [2.45, 2.75) is 52.5 Å². The van der Waals surface area contributed by atoms with Crippen LogP contribution in [-0.2, 0) is 0 Å². The summed E-state index contributed by atoms with van der Waals surface area (Å²) in [5, 5.41) is 12.9. The van der Waals surface area contributed by atoms with Gasteiger partial charge in [-0.1, -0.05) is 13.8 Å². The largest absolute Gasteiger partial charge is 0.396 e. The van der Waals surface area contributed by atoms with Crippen molar-refractivity contribution < 1.29 is 5.11 Å². The topological polar surface area (TPSA) is 32.3 Å². The van der Waals surface area contributed by atoms with Gasteiger partial charge in [0.25, 0.3) is 0 Å². The molecule has 0 spiro atoms. The number of hydrogen-bond donors (Lipinski definition) is 2. The molecule has 1 unspecified atom stereocenters. The lowest BCUT2D eigenvalue weighted by Crippen LogP contribution is -2.47. The molecule has 0 bridgehead atoms. The van der Waals surface area contributed by atoms with Crippen molar-refractivity contribution in [1.29, 1.82) is 0 Å². The zero-order valence-corrected chi connectivity index (χ0v) is 10.1. The van der Waals surface area contributed by atoms with E-state index in [0.29, 0.717) is 0 Å². The summed E-state index contributed by atoms with van der Waals surface area (Å²) in [4.78, 5) is 0.